The molecule has 2 aromatic rings. The Morgan fingerprint density at radius 2 is 1.74 bits per heavy atom. The number of nitrogens with two attached hydrogens (primary N) is 4. The topological polar surface area (TPSA) is 167 Å². The third kappa shape index (κ3) is 3.35. The highest BCUT2D eigenvalue weighted by atomic mass is 32.1. The van der Waals surface area contributed by atoms with Crippen molar-refractivity contribution in [3.05, 3.63) is 17.6 Å². The van der Waals surface area contributed by atoms with Gasteiger partial charge in [-0.15, -0.1) is 11.3 Å². The van der Waals surface area contributed by atoms with Gasteiger partial charge >= 0.3 is 0 Å². The molecular weight excluding hydrogens is 266 g/mol. The van der Waals surface area contributed by atoms with Crippen molar-refractivity contribution in [2.75, 3.05) is 0 Å². The Bertz CT molecular complexity index is 637. The van der Waals surface area contributed by atoms with E-state index in [1.807, 2.05) is 0 Å². The minimum absolute atomic E-state index is 0.0511. The molecule has 2 rings (SSSR count). The maximum absolute atomic E-state index is 5.27. The summed E-state index contributed by atoms with van der Waals surface area (Å²) in [5.41, 5.74) is 22.3. The molecule has 0 aromatic carbocycles. The van der Waals surface area contributed by atoms with Crippen LogP contribution < -0.4 is 22.9 Å². The van der Waals surface area contributed by atoms with Crippen molar-refractivity contribution in [2.24, 2.45) is 32.9 Å². The highest BCUT2D eigenvalue weighted by molar-refractivity contribution is 7.13. The lowest BCUT2D eigenvalue weighted by Gasteiger charge is -1.97. The standard InChI is InChI=1S/C9H11N9S/c10-6(11)17-8-14-2-1-4(15-8)5-3-19-9(16-5)18-7(12)13/h1-3H,(H4,12,13,16,18)(H4,10,11,14,15,17). The van der Waals surface area contributed by atoms with Crippen LogP contribution in [0.5, 0.6) is 0 Å². The van der Waals surface area contributed by atoms with Gasteiger partial charge in [-0.3, -0.25) is 0 Å². The Balaban J connectivity index is 2.34. The Labute approximate surface area is 112 Å². The molecule has 9 nitrogen and oxygen atoms in total. The van der Waals surface area contributed by atoms with E-state index in [0.29, 0.717) is 16.5 Å². The van der Waals surface area contributed by atoms with Crippen LogP contribution in [0.4, 0.5) is 11.1 Å². The van der Waals surface area contributed by atoms with Gasteiger partial charge in [0.1, 0.15) is 5.69 Å². The van der Waals surface area contributed by atoms with Gasteiger partial charge in [0.25, 0.3) is 5.95 Å². The molecule has 0 aliphatic heterocycles. The van der Waals surface area contributed by atoms with Crippen LogP contribution in [-0.4, -0.2) is 26.9 Å². The first kappa shape index (κ1) is 12.7. The summed E-state index contributed by atoms with van der Waals surface area (Å²) in [7, 11) is 0. The largest absolute Gasteiger partial charge is 0.370 e. The van der Waals surface area contributed by atoms with Crippen molar-refractivity contribution in [1.29, 1.82) is 0 Å². The highest BCUT2D eigenvalue weighted by Crippen LogP contribution is 2.25. The molecular formula is C9H11N9S. The average molecular weight is 277 g/mol. The summed E-state index contributed by atoms with van der Waals surface area (Å²) in [5.74, 6) is -0.00436. The van der Waals surface area contributed by atoms with Gasteiger partial charge in [0.05, 0.1) is 5.69 Å². The van der Waals surface area contributed by atoms with E-state index in [-0.39, 0.29) is 17.9 Å². The molecule has 0 spiro atoms. The molecule has 0 aliphatic carbocycles. The van der Waals surface area contributed by atoms with Gasteiger partial charge in [-0.05, 0) is 6.07 Å². The van der Waals surface area contributed by atoms with Crippen LogP contribution in [0, 0.1) is 0 Å². The Hall–Kier alpha value is -2.75. The highest BCUT2D eigenvalue weighted by Gasteiger charge is 2.07. The van der Waals surface area contributed by atoms with Crippen molar-refractivity contribution in [1.82, 2.24) is 15.0 Å². The van der Waals surface area contributed by atoms with Gasteiger partial charge < -0.3 is 22.9 Å². The molecule has 0 saturated carbocycles. The summed E-state index contributed by atoms with van der Waals surface area (Å²) in [6.45, 7) is 0. The van der Waals surface area contributed by atoms with Crippen LogP contribution in [0.25, 0.3) is 11.4 Å². The summed E-state index contributed by atoms with van der Waals surface area (Å²) in [5, 5.41) is 2.21. The van der Waals surface area contributed by atoms with Crippen LogP contribution in [0.3, 0.4) is 0 Å². The third-order valence-electron chi connectivity index (χ3n) is 1.85. The Morgan fingerprint density at radius 1 is 1.00 bits per heavy atom. The smallest absolute Gasteiger partial charge is 0.253 e. The molecule has 0 saturated heterocycles. The van der Waals surface area contributed by atoms with Crippen LogP contribution in [0.2, 0.25) is 0 Å². The van der Waals surface area contributed by atoms with Gasteiger partial charge in [0.15, 0.2) is 11.9 Å². The molecule has 0 aliphatic rings. The summed E-state index contributed by atoms with van der Waals surface area (Å²) in [6.07, 6.45) is 1.53. The van der Waals surface area contributed by atoms with E-state index >= 15 is 0 Å². The Kier molecular flexibility index (Phi) is 3.52. The molecule has 10 heteroatoms. The van der Waals surface area contributed by atoms with Crippen molar-refractivity contribution in [3.8, 4) is 11.4 Å². The molecule has 0 amide bonds. The predicted octanol–water partition coefficient (Wildman–Crippen LogP) is -0.590. The van der Waals surface area contributed by atoms with E-state index in [0.717, 1.165) is 0 Å². The molecule has 0 unspecified atom stereocenters. The van der Waals surface area contributed by atoms with Crippen molar-refractivity contribution in [3.63, 3.8) is 0 Å². The zero-order chi connectivity index (χ0) is 13.8. The SMILES string of the molecule is NC(N)=Nc1nccc(-c2csc(N=C(N)N)n2)n1. The van der Waals surface area contributed by atoms with Crippen LogP contribution in [0.15, 0.2) is 27.6 Å². The fourth-order valence-electron chi connectivity index (χ4n) is 1.20. The predicted molar refractivity (Wildman–Crippen MR) is 74.1 cm³/mol. The fraction of sp³-hybridized carbons (Fsp3) is 0. The molecule has 98 valence electrons. The van der Waals surface area contributed by atoms with Gasteiger partial charge in [0.2, 0.25) is 5.13 Å². The van der Waals surface area contributed by atoms with Crippen LogP contribution >= 0.6 is 11.3 Å². The minimum atomic E-state index is -0.114. The first-order valence-corrected chi connectivity index (χ1v) is 5.91. The zero-order valence-corrected chi connectivity index (χ0v) is 10.5. The van der Waals surface area contributed by atoms with Crippen molar-refractivity contribution < 1.29 is 0 Å². The number of nitrogens with zero attached hydrogens (tertiary/aromatic N) is 5. The number of thiazole rings is 1. The summed E-state index contributed by atoms with van der Waals surface area (Å²) >= 11 is 1.29. The molecule has 0 bridgehead atoms. The number of rotatable bonds is 3. The van der Waals surface area contributed by atoms with Gasteiger partial charge in [-0.1, -0.05) is 0 Å². The van der Waals surface area contributed by atoms with Crippen molar-refractivity contribution in [2.45, 2.75) is 0 Å². The van der Waals surface area contributed by atoms with E-state index < -0.39 is 0 Å². The number of guanidine groups is 2. The second kappa shape index (κ2) is 5.27. The average Bonchev–Trinajstić information content (AvgIpc) is 2.76. The number of hydrogen-bond donors (Lipinski definition) is 4. The quantitative estimate of drug-likeness (QED) is 0.429. The number of hydrogen-bond acceptors (Lipinski definition) is 6. The number of aliphatic imine (C=N–C) groups is 2. The normalized spacial score (nSPS) is 9.89. The first-order chi connectivity index (χ1) is 9.04. The Morgan fingerprint density at radius 3 is 2.42 bits per heavy atom. The second-order valence-electron chi connectivity index (χ2n) is 3.33. The van der Waals surface area contributed by atoms with Crippen LogP contribution in [-0.2, 0) is 0 Å². The maximum Gasteiger partial charge on any atom is 0.253 e. The van der Waals surface area contributed by atoms with Gasteiger partial charge in [-0.25, -0.2) is 15.0 Å². The molecule has 19 heavy (non-hydrogen) atoms. The summed E-state index contributed by atoms with van der Waals surface area (Å²) in [4.78, 5) is 19.9. The second-order valence-corrected chi connectivity index (χ2v) is 4.17. The van der Waals surface area contributed by atoms with Gasteiger partial charge in [0, 0.05) is 11.6 Å². The van der Waals surface area contributed by atoms with E-state index in [1.165, 1.54) is 17.5 Å². The summed E-state index contributed by atoms with van der Waals surface area (Å²) < 4.78 is 0. The van der Waals surface area contributed by atoms with E-state index in [4.69, 9.17) is 22.9 Å². The lowest BCUT2D eigenvalue weighted by Crippen LogP contribution is -2.22. The van der Waals surface area contributed by atoms with Crippen molar-refractivity contribution >= 4 is 34.3 Å². The molecule has 2 aromatic heterocycles. The summed E-state index contributed by atoms with van der Waals surface area (Å²) in [6, 6.07) is 1.68. The monoisotopic (exact) mass is 277 g/mol. The fourth-order valence-corrected chi connectivity index (χ4v) is 1.90. The zero-order valence-electron chi connectivity index (χ0n) is 9.69. The lowest BCUT2D eigenvalue weighted by atomic mass is 10.3. The molecule has 0 fully saturated rings. The number of aromatic nitrogens is 3. The molecule has 0 atom stereocenters. The van der Waals surface area contributed by atoms with E-state index in [9.17, 15) is 0 Å². The third-order valence-corrected chi connectivity index (χ3v) is 2.59. The van der Waals surface area contributed by atoms with Gasteiger partial charge in [-0.2, -0.15) is 9.98 Å². The molecule has 8 N–H and O–H groups in total. The molecule has 2 heterocycles. The first-order valence-electron chi connectivity index (χ1n) is 5.03. The molecule has 0 radical (unpaired) electrons. The maximum atomic E-state index is 5.27. The van der Waals surface area contributed by atoms with E-state index in [2.05, 4.69) is 24.9 Å². The lowest BCUT2D eigenvalue weighted by molar-refractivity contribution is 1.12. The van der Waals surface area contributed by atoms with E-state index in [1.54, 1.807) is 11.4 Å². The van der Waals surface area contributed by atoms with Crippen LogP contribution in [0.1, 0.15) is 0 Å². The minimum Gasteiger partial charge on any atom is -0.370 e.